The van der Waals surface area contributed by atoms with Crippen LogP contribution in [0.15, 0.2) is 30.3 Å². The van der Waals surface area contributed by atoms with Crippen molar-refractivity contribution in [2.45, 2.75) is 32.4 Å². The maximum absolute atomic E-state index is 12.1. The van der Waals surface area contributed by atoms with E-state index in [9.17, 15) is 9.59 Å². The molecular formula is C14H17NO3. The van der Waals surface area contributed by atoms with Crippen molar-refractivity contribution in [1.82, 2.24) is 4.90 Å². The second-order valence-corrected chi connectivity index (χ2v) is 4.49. The standard InChI is InChI=1S/C14H17NO3/c1-11(16)18-13-8-5-9-15(14(13)17)10-12-6-3-2-4-7-12/h2-4,6-7,13H,5,8-10H2,1H3. The Bertz CT molecular complexity index is 430. The predicted molar refractivity (Wildman–Crippen MR) is 66.6 cm³/mol. The van der Waals surface area contributed by atoms with Gasteiger partial charge in [-0.2, -0.15) is 0 Å². The normalized spacial score (nSPS) is 19.7. The van der Waals surface area contributed by atoms with Gasteiger partial charge in [0.15, 0.2) is 6.10 Å². The number of carbonyl (C=O) groups excluding carboxylic acids is 2. The van der Waals surface area contributed by atoms with Gasteiger partial charge in [-0.15, -0.1) is 0 Å². The maximum Gasteiger partial charge on any atom is 0.303 e. The van der Waals surface area contributed by atoms with Crippen molar-refractivity contribution in [3.05, 3.63) is 35.9 Å². The molecule has 4 nitrogen and oxygen atoms in total. The highest BCUT2D eigenvalue weighted by Crippen LogP contribution is 2.17. The third kappa shape index (κ3) is 3.09. The molecule has 1 amide bonds. The maximum atomic E-state index is 12.1. The highest BCUT2D eigenvalue weighted by atomic mass is 16.5. The highest BCUT2D eigenvalue weighted by molar-refractivity contribution is 5.84. The smallest absolute Gasteiger partial charge is 0.303 e. The Hall–Kier alpha value is -1.84. The minimum atomic E-state index is -0.597. The molecule has 4 heteroatoms. The van der Waals surface area contributed by atoms with Crippen LogP contribution in [0.3, 0.4) is 0 Å². The minimum Gasteiger partial charge on any atom is -0.452 e. The average molecular weight is 247 g/mol. The first-order valence-corrected chi connectivity index (χ1v) is 6.17. The van der Waals surface area contributed by atoms with Crippen molar-refractivity contribution in [3.63, 3.8) is 0 Å². The topological polar surface area (TPSA) is 46.6 Å². The Morgan fingerprint density at radius 3 is 2.78 bits per heavy atom. The quantitative estimate of drug-likeness (QED) is 0.764. The van der Waals surface area contributed by atoms with Crippen molar-refractivity contribution < 1.29 is 14.3 Å². The third-order valence-corrected chi connectivity index (χ3v) is 3.01. The first-order chi connectivity index (χ1) is 8.66. The minimum absolute atomic E-state index is 0.0831. The molecule has 2 rings (SSSR count). The molecule has 0 radical (unpaired) electrons. The fraction of sp³-hybridized carbons (Fsp3) is 0.429. The lowest BCUT2D eigenvalue weighted by Gasteiger charge is -2.31. The van der Waals surface area contributed by atoms with Gasteiger partial charge in [-0.05, 0) is 18.4 Å². The number of piperidine rings is 1. The molecule has 0 aliphatic carbocycles. The summed E-state index contributed by atoms with van der Waals surface area (Å²) < 4.78 is 5.04. The van der Waals surface area contributed by atoms with Crippen LogP contribution in [0, 0.1) is 0 Å². The molecule has 1 unspecified atom stereocenters. The van der Waals surface area contributed by atoms with Crippen LogP contribution in [0.4, 0.5) is 0 Å². The fourth-order valence-electron chi connectivity index (χ4n) is 2.18. The molecule has 0 N–H and O–H groups in total. The van der Waals surface area contributed by atoms with E-state index in [1.807, 2.05) is 30.3 Å². The highest BCUT2D eigenvalue weighted by Gasteiger charge is 2.30. The fourth-order valence-corrected chi connectivity index (χ4v) is 2.18. The molecule has 18 heavy (non-hydrogen) atoms. The Kier molecular flexibility index (Phi) is 3.97. The number of ether oxygens (including phenoxy) is 1. The molecule has 1 aromatic carbocycles. The molecule has 1 aliphatic rings. The van der Waals surface area contributed by atoms with Gasteiger partial charge in [0, 0.05) is 20.0 Å². The van der Waals surface area contributed by atoms with Gasteiger partial charge in [-0.3, -0.25) is 9.59 Å². The molecule has 1 atom stereocenters. The van der Waals surface area contributed by atoms with E-state index in [1.165, 1.54) is 6.92 Å². The zero-order chi connectivity index (χ0) is 13.0. The first-order valence-electron chi connectivity index (χ1n) is 6.17. The molecule has 1 fully saturated rings. The molecule has 1 aromatic rings. The van der Waals surface area contributed by atoms with Crippen molar-refractivity contribution >= 4 is 11.9 Å². The molecule has 96 valence electrons. The molecule has 0 bridgehead atoms. The van der Waals surface area contributed by atoms with Crippen LogP contribution >= 0.6 is 0 Å². The van der Waals surface area contributed by atoms with Crippen molar-refractivity contribution in [3.8, 4) is 0 Å². The van der Waals surface area contributed by atoms with Crippen LogP contribution in [-0.2, 0) is 20.9 Å². The largest absolute Gasteiger partial charge is 0.452 e. The van der Waals surface area contributed by atoms with E-state index in [0.717, 1.165) is 18.5 Å². The summed E-state index contributed by atoms with van der Waals surface area (Å²) in [5.74, 6) is -0.477. The van der Waals surface area contributed by atoms with E-state index in [4.69, 9.17) is 4.74 Å². The van der Waals surface area contributed by atoms with Crippen LogP contribution in [0.2, 0.25) is 0 Å². The van der Waals surface area contributed by atoms with Gasteiger partial charge < -0.3 is 9.64 Å². The summed E-state index contributed by atoms with van der Waals surface area (Å²) in [6, 6.07) is 9.83. The molecule has 1 heterocycles. The molecule has 1 aliphatic heterocycles. The second kappa shape index (κ2) is 5.67. The first kappa shape index (κ1) is 12.6. The second-order valence-electron chi connectivity index (χ2n) is 4.49. The van der Waals surface area contributed by atoms with Gasteiger partial charge in [0.25, 0.3) is 5.91 Å². The summed E-state index contributed by atoms with van der Waals surface area (Å²) in [6.07, 6.45) is 0.903. The third-order valence-electron chi connectivity index (χ3n) is 3.01. The van der Waals surface area contributed by atoms with Crippen LogP contribution < -0.4 is 0 Å². The van der Waals surface area contributed by atoms with Crippen molar-refractivity contribution in [1.29, 1.82) is 0 Å². The van der Waals surface area contributed by atoms with E-state index in [0.29, 0.717) is 13.0 Å². The number of hydrogen-bond acceptors (Lipinski definition) is 3. The van der Waals surface area contributed by atoms with Crippen LogP contribution in [0.5, 0.6) is 0 Å². The van der Waals surface area contributed by atoms with Gasteiger partial charge in [0.2, 0.25) is 0 Å². The summed E-state index contributed by atoms with van der Waals surface area (Å²) in [4.78, 5) is 24.8. The summed E-state index contributed by atoms with van der Waals surface area (Å²) in [7, 11) is 0. The molecular weight excluding hydrogens is 230 g/mol. The number of carbonyl (C=O) groups is 2. The number of nitrogens with zero attached hydrogens (tertiary/aromatic N) is 1. The molecule has 0 aromatic heterocycles. The molecule has 0 saturated carbocycles. The summed E-state index contributed by atoms with van der Waals surface area (Å²) >= 11 is 0. The lowest BCUT2D eigenvalue weighted by atomic mass is 10.1. The summed E-state index contributed by atoms with van der Waals surface area (Å²) in [6.45, 7) is 2.65. The van der Waals surface area contributed by atoms with E-state index in [1.54, 1.807) is 4.90 Å². The lowest BCUT2D eigenvalue weighted by Crippen LogP contribution is -2.45. The van der Waals surface area contributed by atoms with Gasteiger partial charge in [0.1, 0.15) is 0 Å². The van der Waals surface area contributed by atoms with Crippen LogP contribution in [0.1, 0.15) is 25.3 Å². The average Bonchev–Trinajstić information content (AvgIpc) is 2.35. The number of hydrogen-bond donors (Lipinski definition) is 0. The molecule has 1 saturated heterocycles. The van der Waals surface area contributed by atoms with E-state index < -0.39 is 12.1 Å². The van der Waals surface area contributed by atoms with Gasteiger partial charge >= 0.3 is 5.97 Å². The number of rotatable bonds is 3. The van der Waals surface area contributed by atoms with Crippen LogP contribution in [0.25, 0.3) is 0 Å². The Balaban J connectivity index is 2.00. The Morgan fingerprint density at radius 2 is 2.11 bits per heavy atom. The number of amides is 1. The lowest BCUT2D eigenvalue weighted by molar-refractivity contribution is -0.162. The van der Waals surface area contributed by atoms with Crippen molar-refractivity contribution in [2.24, 2.45) is 0 Å². The number of benzene rings is 1. The zero-order valence-corrected chi connectivity index (χ0v) is 10.5. The predicted octanol–water partition coefficient (Wildman–Crippen LogP) is 1.74. The SMILES string of the molecule is CC(=O)OC1CCCN(Cc2ccccc2)C1=O. The van der Waals surface area contributed by atoms with E-state index in [2.05, 4.69) is 0 Å². The Labute approximate surface area is 107 Å². The van der Waals surface area contributed by atoms with Gasteiger partial charge in [-0.1, -0.05) is 30.3 Å². The van der Waals surface area contributed by atoms with Gasteiger partial charge in [0.05, 0.1) is 0 Å². The van der Waals surface area contributed by atoms with Crippen LogP contribution in [-0.4, -0.2) is 29.4 Å². The number of esters is 1. The van der Waals surface area contributed by atoms with Crippen molar-refractivity contribution in [2.75, 3.05) is 6.54 Å². The molecule has 0 spiro atoms. The summed E-state index contributed by atoms with van der Waals surface area (Å²) in [5, 5.41) is 0. The number of likely N-dealkylation sites (tertiary alicyclic amines) is 1. The monoisotopic (exact) mass is 247 g/mol. The van der Waals surface area contributed by atoms with Gasteiger partial charge in [-0.25, -0.2) is 0 Å². The summed E-state index contributed by atoms with van der Waals surface area (Å²) in [5.41, 5.74) is 1.09. The van der Waals surface area contributed by atoms with E-state index >= 15 is 0 Å². The Morgan fingerprint density at radius 1 is 1.39 bits per heavy atom. The zero-order valence-electron chi connectivity index (χ0n) is 10.5. The van der Waals surface area contributed by atoms with E-state index in [-0.39, 0.29) is 5.91 Å².